The summed E-state index contributed by atoms with van der Waals surface area (Å²) in [5.74, 6) is -0.0779. The van der Waals surface area contributed by atoms with Crippen LogP contribution in [-0.4, -0.2) is 40.8 Å². The van der Waals surface area contributed by atoms with E-state index in [4.69, 9.17) is 21.7 Å². The standard InChI is InChI=1S/C31H31N5O4S/c1-18-16-23(19(2)35(18)26-12-7-6-10-22(26)30(38)40-5)29-28(24-11-8-9-15-32-24)34-31(41)36(29)21-13-14-27(39-4)25(17-21)33-20(3)37/h6-17,28-29H,1-5H3,(H,33,37)(H,34,41)/t28-,29-/m1/s1. The van der Waals surface area contributed by atoms with Gasteiger partial charge in [0, 0.05) is 30.2 Å². The molecule has 9 nitrogen and oxygen atoms in total. The molecule has 1 fully saturated rings. The SMILES string of the molecule is COC(=O)c1ccccc1-n1c(C)cc([C@@H]2[C@@H](c3ccccn3)NC(=S)N2c2ccc(OC)c(NC(C)=O)c2)c1C. The van der Waals surface area contributed by atoms with Gasteiger partial charge in [0.05, 0.1) is 48.9 Å². The van der Waals surface area contributed by atoms with Gasteiger partial charge < -0.3 is 29.6 Å². The van der Waals surface area contributed by atoms with Gasteiger partial charge in [-0.1, -0.05) is 18.2 Å². The van der Waals surface area contributed by atoms with E-state index in [2.05, 4.69) is 26.3 Å². The molecule has 0 aliphatic carbocycles. The predicted molar refractivity (Wildman–Crippen MR) is 162 cm³/mol. The van der Waals surface area contributed by atoms with Crippen molar-refractivity contribution >= 4 is 40.6 Å². The van der Waals surface area contributed by atoms with Crippen molar-refractivity contribution in [2.45, 2.75) is 32.9 Å². The minimum atomic E-state index is -0.407. The maximum absolute atomic E-state index is 12.7. The van der Waals surface area contributed by atoms with Crippen molar-refractivity contribution in [3.05, 3.63) is 101 Å². The molecule has 0 spiro atoms. The predicted octanol–water partition coefficient (Wildman–Crippen LogP) is 5.42. The van der Waals surface area contributed by atoms with E-state index in [0.717, 1.165) is 34.0 Å². The number of para-hydroxylation sites is 1. The summed E-state index contributed by atoms with van der Waals surface area (Å²) < 4.78 is 12.6. The lowest BCUT2D eigenvalue weighted by Crippen LogP contribution is -2.29. The van der Waals surface area contributed by atoms with Crippen LogP contribution in [0.2, 0.25) is 0 Å². The average Bonchev–Trinajstić information content (AvgIpc) is 3.47. The number of carbonyl (C=O) groups is 2. The van der Waals surface area contributed by atoms with E-state index in [0.29, 0.717) is 22.1 Å². The molecule has 4 aromatic rings. The molecule has 3 heterocycles. The number of aryl methyl sites for hydroxylation is 1. The summed E-state index contributed by atoms with van der Waals surface area (Å²) in [4.78, 5) is 31.3. The van der Waals surface area contributed by atoms with Crippen molar-refractivity contribution in [1.82, 2.24) is 14.9 Å². The molecular weight excluding hydrogens is 538 g/mol. The van der Waals surface area contributed by atoms with E-state index in [-0.39, 0.29) is 18.0 Å². The molecule has 5 rings (SSSR count). The molecule has 210 valence electrons. The minimum Gasteiger partial charge on any atom is -0.495 e. The lowest BCUT2D eigenvalue weighted by Gasteiger charge is -2.29. The molecule has 2 N–H and O–H groups in total. The summed E-state index contributed by atoms with van der Waals surface area (Å²) in [6.07, 6.45) is 1.76. The van der Waals surface area contributed by atoms with Crippen molar-refractivity contribution in [2.75, 3.05) is 24.4 Å². The van der Waals surface area contributed by atoms with Crippen molar-refractivity contribution in [3.8, 4) is 11.4 Å². The molecule has 0 unspecified atom stereocenters. The Bertz CT molecular complexity index is 1630. The van der Waals surface area contributed by atoms with Crippen LogP contribution in [0.25, 0.3) is 5.69 Å². The van der Waals surface area contributed by atoms with Crippen LogP contribution >= 0.6 is 12.2 Å². The molecular formula is C31H31N5O4S. The molecule has 1 saturated heterocycles. The fourth-order valence-electron chi connectivity index (χ4n) is 5.49. The lowest BCUT2D eigenvalue weighted by atomic mass is 9.96. The van der Waals surface area contributed by atoms with Gasteiger partial charge in [0.1, 0.15) is 5.75 Å². The summed E-state index contributed by atoms with van der Waals surface area (Å²) in [6, 6.07) is 20.3. The van der Waals surface area contributed by atoms with Crippen LogP contribution in [0.5, 0.6) is 5.75 Å². The Labute approximate surface area is 244 Å². The average molecular weight is 570 g/mol. The number of methoxy groups -OCH3 is 2. The van der Waals surface area contributed by atoms with Crippen LogP contribution in [0, 0.1) is 13.8 Å². The number of aromatic nitrogens is 2. The molecule has 1 aliphatic heterocycles. The van der Waals surface area contributed by atoms with Gasteiger partial charge in [0.15, 0.2) is 5.11 Å². The number of pyridine rings is 1. The number of nitrogens with zero attached hydrogens (tertiary/aromatic N) is 3. The van der Waals surface area contributed by atoms with Crippen LogP contribution in [0.1, 0.15) is 52.0 Å². The fourth-order valence-corrected chi connectivity index (χ4v) is 5.84. The first kappa shape index (κ1) is 27.9. The van der Waals surface area contributed by atoms with E-state index >= 15 is 0 Å². The quantitative estimate of drug-likeness (QED) is 0.225. The van der Waals surface area contributed by atoms with Gasteiger partial charge in [0.25, 0.3) is 0 Å². The Morgan fingerprint density at radius 3 is 2.46 bits per heavy atom. The number of nitrogens with one attached hydrogen (secondary N) is 2. The van der Waals surface area contributed by atoms with Crippen molar-refractivity contribution < 1.29 is 19.1 Å². The number of hydrogen-bond donors (Lipinski definition) is 2. The van der Waals surface area contributed by atoms with E-state index < -0.39 is 5.97 Å². The number of carbonyl (C=O) groups excluding carboxylic acids is 2. The largest absolute Gasteiger partial charge is 0.495 e. The van der Waals surface area contributed by atoms with E-state index in [1.165, 1.54) is 14.0 Å². The van der Waals surface area contributed by atoms with Crippen molar-refractivity contribution in [3.63, 3.8) is 0 Å². The number of thiocarbonyl (C=S) groups is 1. The van der Waals surface area contributed by atoms with Crippen LogP contribution in [0.4, 0.5) is 11.4 Å². The van der Waals surface area contributed by atoms with E-state index in [1.807, 2.05) is 73.3 Å². The van der Waals surface area contributed by atoms with Crippen LogP contribution in [0.15, 0.2) is 72.9 Å². The van der Waals surface area contributed by atoms with Gasteiger partial charge in [-0.05, 0) is 80.2 Å². The maximum atomic E-state index is 12.7. The number of amides is 1. The Kier molecular flexibility index (Phi) is 7.76. The molecule has 1 aliphatic rings. The summed E-state index contributed by atoms with van der Waals surface area (Å²) in [5.41, 5.74) is 6.23. The highest BCUT2D eigenvalue weighted by atomic mass is 32.1. The number of hydrogen-bond acceptors (Lipinski definition) is 6. The molecule has 2 aromatic carbocycles. The molecule has 2 aromatic heterocycles. The molecule has 0 saturated carbocycles. The van der Waals surface area contributed by atoms with Crippen molar-refractivity contribution in [2.24, 2.45) is 0 Å². The number of rotatable bonds is 7. The number of anilines is 2. The first-order valence-electron chi connectivity index (χ1n) is 13.1. The third-order valence-electron chi connectivity index (χ3n) is 7.21. The maximum Gasteiger partial charge on any atom is 0.339 e. The molecule has 41 heavy (non-hydrogen) atoms. The first-order chi connectivity index (χ1) is 19.7. The smallest absolute Gasteiger partial charge is 0.339 e. The highest BCUT2D eigenvalue weighted by Gasteiger charge is 2.42. The molecule has 1 amide bonds. The Morgan fingerprint density at radius 2 is 1.78 bits per heavy atom. The van der Waals surface area contributed by atoms with E-state index in [1.54, 1.807) is 19.4 Å². The van der Waals surface area contributed by atoms with E-state index in [9.17, 15) is 9.59 Å². The molecule has 10 heteroatoms. The molecule has 2 atom stereocenters. The Hall–Kier alpha value is -4.70. The Morgan fingerprint density at radius 1 is 1.02 bits per heavy atom. The molecule has 0 radical (unpaired) electrons. The number of ether oxygens (including phenoxy) is 2. The second-order valence-corrected chi connectivity index (χ2v) is 10.1. The van der Waals surface area contributed by atoms with Gasteiger partial charge >= 0.3 is 5.97 Å². The van der Waals surface area contributed by atoms with Crippen LogP contribution in [-0.2, 0) is 9.53 Å². The zero-order valence-electron chi connectivity index (χ0n) is 23.5. The lowest BCUT2D eigenvalue weighted by molar-refractivity contribution is -0.114. The van der Waals surface area contributed by atoms with Gasteiger partial charge in [-0.25, -0.2) is 4.79 Å². The highest BCUT2D eigenvalue weighted by molar-refractivity contribution is 7.80. The second kappa shape index (κ2) is 11.4. The van der Waals surface area contributed by atoms with Crippen LogP contribution < -0.4 is 20.3 Å². The van der Waals surface area contributed by atoms with Gasteiger partial charge in [0.2, 0.25) is 5.91 Å². The zero-order valence-corrected chi connectivity index (χ0v) is 24.3. The number of esters is 1. The highest BCUT2D eigenvalue weighted by Crippen LogP contribution is 2.45. The van der Waals surface area contributed by atoms with Crippen LogP contribution in [0.3, 0.4) is 0 Å². The third-order valence-corrected chi connectivity index (χ3v) is 7.52. The Balaban J connectivity index is 1.70. The summed E-state index contributed by atoms with van der Waals surface area (Å²) in [5, 5.41) is 6.86. The van der Waals surface area contributed by atoms with Crippen molar-refractivity contribution in [1.29, 1.82) is 0 Å². The normalized spacial score (nSPS) is 16.3. The topological polar surface area (TPSA) is 97.7 Å². The van der Waals surface area contributed by atoms with Gasteiger partial charge in [-0.15, -0.1) is 0 Å². The molecule has 0 bridgehead atoms. The monoisotopic (exact) mass is 569 g/mol. The summed E-state index contributed by atoms with van der Waals surface area (Å²) >= 11 is 5.92. The van der Waals surface area contributed by atoms with Gasteiger partial charge in [-0.2, -0.15) is 0 Å². The summed E-state index contributed by atoms with van der Waals surface area (Å²) in [6.45, 7) is 5.49. The second-order valence-electron chi connectivity index (χ2n) is 9.73. The fraction of sp³-hybridized carbons (Fsp3) is 0.226. The number of benzene rings is 2. The van der Waals surface area contributed by atoms with Gasteiger partial charge in [-0.3, -0.25) is 9.78 Å². The first-order valence-corrected chi connectivity index (χ1v) is 13.5. The zero-order chi connectivity index (χ0) is 29.3. The third kappa shape index (κ3) is 5.14. The summed E-state index contributed by atoms with van der Waals surface area (Å²) in [7, 11) is 2.94. The minimum absolute atomic E-state index is 0.210.